The maximum absolute atomic E-state index is 13.1. The van der Waals surface area contributed by atoms with E-state index in [4.69, 9.17) is 4.74 Å². The van der Waals surface area contributed by atoms with Gasteiger partial charge in [-0.2, -0.15) is 26.3 Å². The maximum atomic E-state index is 13.1. The van der Waals surface area contributed by atoms with Crippen LogP contribution in [0.5, 0.6) is 0 Å². The summed E-state index contributed by atoms with van der Waals surface area (Å²) in [6, 6.07) is 13.7. The molecule has 10 heteroatoms. The van der Waals surface area contributed by atoms with Crippen molar-refractivity contribution in [3.05, 3.63) is 101 Å². The molecule has 186 valence electrons. The predicted octanol–water partition coefficient (Wildman–Crippen LogP) is 5.78. The minimum atomic E-state index is -4.93. The molecule has 0 radical (unpaired) electrons. The SMILES string of the molecule is O=C(Cc1ccncc1)NCC(COCc1cc(C(F)(F)F)cc(C(F)(F)F)c1)c1ccccc1. The average Bonchev–Trinajstić information content (AvgIpc) is 2.81. The molecule has 1 unspecified atom stereocenters. The zero-order valence-electron chi connectivity index (χ0n) is 18.4. The lowest BCUT2D eigenvalue weighted by molar-refractivity contribution is -0.143. The molecule has 0 saturated heterocycles. The third kappa shape index (κ3) is 8.10. The number of amides is 1. The van der Waals surface area contributed by atoms with Crippen LogP contribution in [0.2, 0.25) is 0 Å². The highest BCUT2D eigenvalue weighted by molar-refractivity contribution is 5.78. The molecule has 3 rings (SSSR count). The van der Waals surface area contributed by atoms with Gasteiger partial charge in [0.2, 0.25) is 5.91 Å². The highest BCUT2D eigenvalue weighted by atomic mass is 19.4. The number of aromatic nitrogens is 1. The van der Waals surface area contributed by atoms with Crippen molar-refractivity contribution in [2.45, 2.75) is 31.3 Å². The topological polar surface area (TPSA) is 51.2 Å². The highest BCUT2D eigenvalue weighted by Crippen LogP contribution is 2.36. The molecule has 4 nitrogen and oxygen atoms in total. The maximum Gasteiger partial charge on any atom is 0.416 e. The smallest absolute Gasteiger partial charge is 0.376 e. The molecule has 1 aromatic heterocycles. The zero-order valence-corrected chi connectivity index (χ0v) is 18.4. The lowest BCUT2D eigenvalue weighted by Crippen LogP contribution is -2.31. The van der Waals surface area contributed by atoms with Gasteiger partial charge in [0, 0.05) is 24.9 Å². The second kappa shape index (κ2) is 11.4. The molecule has 0 spiro atoms. The summed E-state index contributed by atoms with van der Waals surface area (Å²) < 4.78 is 84.1. The first-order chi connectivity index (χ1) is 16.5. The van der Waals surface area contributed by atoms with Gasteiger partial charge in [-0.3, -0.25) is 9.78 Å². The molecule has 0 fully saturated rings. The van der Waals surface area contributed by atoms with E-state index in [9.17, 15) is 31.1 Å². The van der Waals surface area contributed by atoms with Crippen molar-refractivity contribution >= 4 is 5.91 Å². The molecule has 1 heterocycles. The van der Waals surface area contributed by atoms with E-state index in [0.717, 1.165) is 11.1 Å². The largest absolute Gasteiger partial charge is 0.416 e. The monoisotopic (exact) mass is 496 g/mol. The zero-order chi connectivity index (χ0) is 25.5. The first-order valence-corrected chi connectivity index (χ1v) is 10.6. The van der Waals surface area contributed by atoms with Crippen molar-refractivity contribution in [3.63, 3.8) is 0 Å². The number of nitrogens with one attached hydrogen (secondary N) is 1. The normalized spacial score (nSPS) is 12.9. The van der Waals surface area contributed by atoms with Crippen LogP contribution in [0, 0.1) is 0 Å². The summed E-state index contributed by atoms with van der Waals surface area (Å²) in [4.78, 5) is 16.2. The molecule has 0 saturated carbocycles. The summed E-state index contributed by atoms with van der Waals surface area (Å²) >= 11 is 0. The molecule has 35 heavy (non-hydrogen) atoms. The lowest BCUT2D eigenvalue weighted by atomic mass is 9.99. The van der Waals surface area contributed by atoms with Gasteiger partial charge in [-0.15, -0.1) is 0 Å². The van der Waals surface area contributed by atoms with Gasteiger partial charge in [-0.05, 0) is 47.0 Å². The van der Waals surface area contributed by atoms with Gasteiger partial charge in [0.25, 0.3) is 0 Å². The van der Waals surface area contributed by atoms with E-state index in [-0.39, 0.29) is 43.0 Å². The van der Waals surface area contributed by atoms with Crippen molar-refractivity contribution in [2.75, 3.05) is 13.2 Å². The number of hydrogen-bond donors (Lipinski definition) is 1. The van der Waals surface area contributed by atoms with Crippen LogP contribution in [0.3, 0.4) is 0 Å². The fourth-order valence-electron chi connectivity index (χ4n) is 3.41. The quantitative estimate of drug-likeness (QED) is 0.382. The number of hydrogen-bond acceptors (Lipinski definition) is 3. The predicted molar refractivity (Wildman–Crippen MR) is 116 cm³/mol. The van der Waals surface area contributed by atoms with Crippen LogP contribution in [0.4, 0.5) is 26.3 Å². The van der Waals surface area contributed by atoms with Crippen molar-refractivity contribution < 1.29 is 35.9 Å². The minimum Gasteiger partial charge on any atom is -0.376 e. The van der Waals surface area contributed by atoms with E-state index in [1.54, 1.807) is 54.9 Å². The first-order valence-electron chi connectivity index (χ1n) is 10.6. The molecule has 0 aliphatic heterocycles. The van der Waals surface area contributed by atoms with Gasteiger partial charge in [0.05, 0.1) is 30.8 Å². The molecule has 0 aliphatic rings. The van der Waals surface area contributed by atoms with E-state index >= 15 is 0 Å². The Morgan fingerprint density at radius 2 is 1.46 bits per heavy atom. The number of carbonyl (C=O) groups excluding carboxylic acids is 1. The van der Waals surface area contributed by atoms with Gasteiger partial charge in [-0.1, -0.05) is 30.3 Å². The number of nitrogens with zero attached hydrogens (tertiary/aromatic N) is 1. The fourth-order valence-corrected chi connectivity index (χ4v) is 3.41. The second-order valence-corrected chi connectivity index (χ2v) is 7.87. The molecule has 2 aromatic carbocycles. The van der Waals surface area contributed by atoms with E-state index in [2.05, 4.69) is 10.3 Å². The van der Waals surface area contributed by atoms with Crippen LogP contribution in [0.15, 0.2) is 73.1 Å². The second-order valence-electron chi connectivity index (χ2n) is 7.87. The number of ether oxygens (including phenoxy) is 1. The molecule has 1 amide bonds. The van der Waals surface area contributed by atoms with Crippen molar-refractivity contribution in [2.24, 2.45) is 0 Å². The molecule has 1 N–H and O–H groups in total. The van der Waals surface area contributed by atoms with Gasteiger partial charge >= 0.3 is 12.4 Å². The summed E-state index contributed by atoms with van der Waals surface area (Å²) in [6.07, 6.45) is -6.58. The fraction of sp³-hybridized carbons (Fsp3) is 0.280. The van der Waals surface area contributed by atoms with E-state index in [0.29, 0.717) is 12.1 Å². The third-order valence-electron chi connectivity index (χ3n) is 5.17. The number of benzene rings is 2. The Labute approximate surface area is 198 Å². The number of rotatable bonds is 9. The van der Waals surface area contributed by atoms with Gasteiger partial charge in [0.15, 0.2) is 0 Å². The molecular weight excluding hydrogens is 474 g/mol. The van der Waals surface area contributed by atoms with Crippen molar-refractivity contribution in [3.8, 4) is 0 Å². The summed E-state index contributed by atoms with van der Waals surface area (Å²) in [5.74, 6) is -0.615. The van der Waals surface area contributed by atoms with Crippen LogP contribution in [0.25, 0.3) is 0 Å². The Hall–Kier alpha value is -3.40. The Morgan fingerprint density at radius 3 is 2.03 bits per heavy atom. The van der Waals surface area contributed by atoms with Crippen LogP contribution < -0.4 is 5.32 Å². The number of carbonyl (C=O) groups is 1. The first kappa shape index (κ1) is 26.2. The Balaban J connectivity index is 1.67. The Kier molecular flexibility index (Phi) is 8.50. The Bertz CT molecular complexity index is 1070. The Morgan fingerprint density at radius 1 is 0.857 bits per heavy atom. The summed E-state index contributed by atoms with van der Waals surface area (Å²) in [6.45, 7) is -0.317. The summed E-state index contributed by atoms with van der Waals surface area (Å²) in [5.41, 5.74) is -1.46. The van der Waals surface area contributed by atoms with Crippen molar-refractivity contribution in [1.29, 1.82) is 0 Å². The lowest BCUT2D eigenvalue weighted by Gasteiger charge is -2.19. The van der Waals surface area contributed by atoms with Gasteiger partial charge < -0.3 is 10.1 Å². The molecule has 1 atom stereocenters. The van der Waals surface area contributed by atoms with E-state index in [1.165, 1.54) is 0 Å². The van der Waals surface area contributed by atoms with Crippen molar-refractivity contribution in [1.82, 2.24) is 10.3 Å². The molecule has 3 aromatic rings. The average molecular weight is 496 g/mol. The number of pyridine rings is 1. The summed E-state index contributed by atoms with van der Waals surface area (Å²) in [7, 11) is 0. The van der Waals surface area contributed by atoms with Crippen LogP contribution in [0.1, 0.15) is 33.7 Å². The van der Waals surface area contributed by atoms with Gasteiger partial charge in [-0.25, -0.2) is 0 Å². The molecular formula is C25H22F6N2O2. The highest BCUT2D eigenvalue weighted by Gasteiger charge is 2.36. The molecule has 0 aliphatic carbocycles. The minimum absolute atomic E-state index is 0.0306. The van der Waals surface area contributed by atoms with E-state index in [1.807, 2.05) is 0 Å². The van der Waals surface area contributed by atoms with Crippen LogP contribution in [-0.4, -0.2) is 24.0 Å². The number of halogens is 6. The number of alkyl halides is 6. The van der Waals surface area contributed by atoms with E-state index < -0.39 is 30.1 Å². The summed E-state index contributed by atoms with van der Waals surface area (Å²) in [5, 5.41) is 2.80. The molecule has 0 bridgehead atoms. The standard InChI is InChI=1S/C25H22F6N2O2/c26-24(27,28)21-10-18(11-22(13-21)25(29,30)31)15-35-16-20(19-4-2-1-3-5-19)14-33-23(34)12-17-6-8-32-9-7-17/h1-11,13,20H,12,14-16H2,(H,33,34). The van der Waals surface area contributed by atoms with Crippen LogP contribution in [-0.2, 0) is 34.9 Å². The third-order valence-corrected chi connectivity index (χ3v) is 5.17. The van der Waals surface area contributed by atoms with Crippen LogP contribution >= 0.6 is 0 Å². The van der Waals surface area contributed by atoms with Gasteiger partial charge in [0.1, 0.15) is 0 Å².